The lowest BCUT2D eigenvalue weighted by atomic mass is 9.88. The van der Waals surface area contributed by atoms with E-state index in [-0.39, 0.29) is 17.6 Å². The largest absolute Gasteiger partial charge is 0.406 e. The molecule has 0 spiro atoms. The summed E-state index contributed by atoms with van der Waals surface area (Å²) in [5.41, 5.74) is 1.32. The Morgan fingerprint density at radius 1 is 1.38 bits per heavy atom. The van der Waals surface area contributed by atoms with Crippen LogP contribution in [0.25, 0.3) is 0 Å². The highest BCUT2D eigenvalue weighted by atomic mass is 32.1. The van der Waals surface area contributed by atoms with E-state index >= 15 is 0 Å². The van der Waals surface area contributed by atoms with Gasteiger partial charge in [-0.3, -0.25) is 14.5 Å². The van der Waals surface area contributed by atoms with Crippen molar-refractivity contribution in [3.8, 4) is 0 Å². The SMILES string of the molecule is Cc1csc(N(CC(F)(F)F)C(=O)C2CN(C)C(=O)c3ccccc32)n1. The van der Waals surface area contributed by atoms with E-state index < -0.39 is 24.5 Å². The van der Waals surface area contributed by atoms with E-state index in [0.717, 1.165) is 11.3 Å². The molecule has 0 fully saturated rings. The van der Waals surface area contributed by atoms with E-state index in [1.165, 1.54) is 11.9 Å². The fourth-order valence-corrected chi connectivity index (χ4v) is 3.75. The molecule has 2 aromatic rings. The van der Waals surface area contributed by atoms with E-state index in [4.69, 9.17) is 0 Å². The first kappa shape index (κ1) is 18.4. The van der Waals surface area contributed by atoms with Crippen molar-refractivity contribution in [2.24, 2.45) is 0 Å². The monoisotopic (exact) mass is 383 g/mol. The number of hydrogen-bond acceptors (Lipinski definition) is 4. The minimum absolute atomic E-state index is 0.00172. The predicted molar refractivity (Wildman–Crippen MR) is 91.4 cm³/mol. The number of likely N-dealkylation sites (N-methyl/N-ethyl adjacent to an activating group) is 1. The molecule has 0 saturated carbocycles. The van der Waals surface area contributed by atoms with Gasteiger partial charge in [-0.1, -0.05) is 18.2 Å². The van der Waals surface area contributed by atoms with Gasteiger partial charge in [0.2, 0.25) is 5.91 Å². The Morgan fingerprint density at radius 2 is 2.08 bits per heavy atom. The fourth-order valence-electron chi connectivity index (χ4n) is 2.94. The van der Waals surface area contributed by atoms with E-state index in [2.05, 4.69) is 4.98 Å². The second kappa shape index (κ2) is 6.71. The van der Waals surface area contributed by atoms with Crippen LogP contribution in [0.5, 0.6) is 0 Å². The average Bonchev–Trinajstić information content (AvgIpc) is 3.01. The van der Waals surface area contributed by atoms with Crippen LogP contribution < -0.4 is 4.90 Å². The lowest BCUT2D eigenvalue weighted by molar-refractivity contribution is -0.133. The molecule has 0 bridgehead atoms. The molecule has 1 atom stereocenters. The van der Waals surface area contributed by atoms with Gasteiger partial charge >= 0.3 is 6.18 Å². The fraction of sp³-hybridized carbons (Fsp3) is 0.353. The third kappa shape index (κ3) is 3.57. The summed E-state index contributed by atoms with van der Waals surface area (Å²) in [6.07, 6.45) is -4.56. The maximum absolute atomic E-state index is 13.1. The van der Waals surface area contributed by atoms with Gasteiger partial charge in [0.1, 0.15) is 6.54 Å². The van der Waals surface area contributed by atoms with Crippen LogP contribution in [-0.4, -0.2) is 48.0 Å². The summed E-state index contributed by atoms with van der Waals surface area (Å²) < 4.78 is 39.2. The molecule has 1 aromatic heterocycles. The third-order valence-electron chi connectivity index (χ3n) is 4.11. The van der Waals surface area contributed by atoms with Crippen LogP contribution in [0, 0.1) is 6.92 Å². The van der Waals surface area contributed by atoms with Crippen LogP contribution in [0.4, 0.5) is 18.3 Å². The molecule has 26 heavy (non-hydrogen) atoms. The van der Waals surface area contributed by atoms with Crippen molar-refractivity contribution in [3.05, 3.63) is 46.5 Å². The highest BCUT2D eigenvalue weighted by Crippen LogP contribution is 2.33. The summed E-state index contributed by atoms with van der Waals surface area (Å²) in [5.74, 6) is -1.85. The lowest BCUT2D eigenvalue weighted by Crippen LogP contribution is -2.47. The van der Waals surface area contributed by atoms with E-state index in [0.29, 0.717) is 21.7 Å². The van der Waals surface area contributed by atoms with Gasteiger partial charge in [-0.15, -0.1) is 11.3 Å². The summed E-state index contributed by atoms with van der Waals surface area (Å²) in [6.45, 7) is 0.251. The van der Waals surface area contributed by atoms with Gasteiger partial charge in [0.05, 0.1) is 11.6 Å². The lowest BCUT2D eigenvalue weighted by Gasteiger charge is -2.34. The topological polar surface area (TPSA) is 53.5 Å². The number of aromatic nitrogens is 1. The number of fused-ring (bicyclic) bond motifs is 1. The van der Waals surface area contributed by atoms with Crippen molar-refractivity contribution in [1.29, 1.82) is 0 Å². The molecule has 0 N–H and O–H groups in total. The molecular weight excluding hydrogens is 367 g/mol. The van der Waals surface area contributed by atoms with Crippen LogP contribution in [0.3, 0.4) is 0 Å². The Balaban J connectivity index is 2.01. The zero-order valence-electron chi connectivity index (χ0n) is 14.1. The quantitative estimate of drug-likeness (QED) is 0.818. The predicted octanol–water partition coefficient (Wildman–Crippen LogP) is 3.22. The summed E-state index contributed by atoms with van der Waals surface area (Å²) >= 11 is 0.987. The van der Waals surface area contributed by atoms with Crippen molar-refractivity contribution in [2.45, 2.75) is 19.0 Å². The Morgan fingerprint density at radius 3 is 2.69 bits per heavy atom. The zero-order chi connectivity index (χ0) is 19.1. The molecule has 2 heterocycles. The Kier molecular flexibility index (Phi) is 4.74. The first-order valence-corrected chi connectivity index (χ1v) is 8.70. The summed E-state index contributed by atoms with van der Waals surface area (Å²) in [4.78, 5) is 31.4. The van der Waals surface area contributed by atoms with Gasteiger partial charge in [0.15, 0.2) is 5.13 Å². The van der Waals surface area contributed by atoms with E-state index in [9.17, 15) is 22.8 Å². The normalized spacial score (nSPS) is 17.2. The standard InChI is InChI=1S/C17H16F3N3O2S/c1-10-8-26-16(21-10)23(9-17(18,19)20)15(25)13-7-22(2)14(24)12-6-4-3-5-11(12)13/h3-6,8,13H,7,9H2,1-2H3. The summed E-state index contributed by atoms with van der Waals surface area (Å²) in [5, 5.41) is 1.60. The first-order chi connectivity index (χ1) is 12.2. The molecule has 9 heteroatoms. The average molecular weight is 383 g/mol. The molecule has 1 aliphatic heterocycles. The Bertz CT molecular complexity index is 850. The van der Waals surface area contributed by atoms with Gasteiger partial charge in [-0.25, -0.2) is 4.98 Å². The van der Waals surface area contributed by atoms with Crippen LogP contribution in [-0.2, 0) is 4.79 Å². The number of aryl methyl sites for hydroxylation is 1. The number of thiazole rings is 1. The summed E-state index contributed by atoms with van der Waals surface area (Å²) in [7, 11) is 1.53. The Labute approximate surface area is 152 Å². The van der Waals surface area contributed by atoms with Gasteiger partial charge in [-0.05, 0) is 18.6 Å². The number of rotatable bonds is 3. The number of anilines is 1. The van der Waals surface area contributed by atoms with Crippen LogP contribution in [0.15, 0.2) is 29.6 Å². The number of benzene rings is 1. The van der Waals surface area contributed by atoms with Gasteiger partial charge < -0.3 is 4.90 Å². The molecule has 1 aliphatic rings. The number of nitrogens with zero attached hydrogens (tertiary/aromatic N) is 3. The maximum atomic E-state index is 13.1. The minimum atomic E-state index is -4.56. The number of amides is 2. The van der Waals surface area contributed by atoms with Crippen molar-refractivity contribution in [3.63, 3.8) is 0 Å². The molecule has 138 valence electrons. The number of carbonyl (C=O) groups excluding carboxylic acids is 2. The second-order valence-corrected chi connectivity index (χ2v) is 6.97. The van der Waals surface area contributed by atoms with Crippen LogP contribution >= 0.6 is 11.3 Å². The molecular formula is C17H16F3N3O2S. The number of carbonyl (C=O) groups is 2. The molecule has 3 rings (SSSR count). The van der Waals surface area contributed by atoms with Crippen molar-refractivity contribution >= 4 is 28.3 Å². The van der Waals surface area contributed by atoms with Gasteiger partial charge in [0, 0.05) is 24.5 Å². The van der Waals surface area contributed by atoms with Crippen molar-refractivity contribution in [2.75, 3.05) is 25.0 Å². The number of halogens is 3. The van der Waals surface area contributed by atoms with Crippen molar-refractivity contribution in [1.82, 2.24) is 9.88 Å². The van der Waals surface area contributed by atoms with E-state index in [1.807, 2.05) is 0 Å². The first-order valence-electron chi connectivity index (χ1n) is 7.82. The van der Waals surface area contributed by atoms with Crippen LogP contribution in [0.2, 0.25) is 0 Å². The third-order valence-corrected chi connectivity index (χ3v) is 5.09. The highest BCUT2D eigenvalue weighted by molar-refractivity contribution is 7.14. The van der Waals surface area contributed by atoms with Gasteiger partial charge in [0.25, 0.3) is 5.91 Å². The smallest absolute Gasteiger partial charge is 0.341 e. The molecule has 0 radical (unpaired) electrons. The van der Waals surface area contributed by atoms with E-state index in [1.54, 1.807) is 36.6 Å². The summed E-state index contributed by atoms with van der Waals surface area (Å²) in [6, 6.07) is 6.52. The second-order valence-electron chi connectivity index (χ2n) is 6.14. The molecule has 0 saturated heterocycles. The maximum Gasteiger partial charge on any atom is 0.406 e. The molecule has 5 nitrogen and oxygen atoms in total. The zero-order valence-corrected chi connectivity index (χ0v) is 14.9. The molecule has 0 aliphatic carbocycles. The molecule has 2 amide bonds. The molecule has 1 aromatic carbocycles. The Hall–Kier alpha value is -2.42. The minimum Gasteiger partial charge on any atom is -0.341 e. The number of alkyl halides is 3. The highest BCUT2D eigenvalue weighted by Gasteiger charge is 2.41. The van der Waals surface area contributed by atoms with Crippen LogP contribution in [0.1, 0.15) is 27.5 Å². The van der Waals surface area contributed by atoms with Crippen molar-refractivity contribution < 1.29 is 22.8 Å². The molecule has 1 unspecified atom stereocenters. The number of hydrogen-bond donors (Lipinski definition) is 0. The van der Waals surface area contributed by atoms with Gasteiger partial charge in [-0.2, -0.15) is 13.2 Å².